The molecule has 1 amide bonds. The van der Waals surface area contributed by atoms with Crippen molar-refractivity contribution in [1.82, 2.24) is 5.32 Å². The number of para-hydroxylation sites is 1. The second-order valence-corrected chi connectivity index (χ2v) is 5.12. The fourth-order valence-corrected chi connectivity index (χ4v) is 2.27. The molecular formula is C18H22N2O3. The Hall–Kier alpha value is -2.53. The maximum Gasteiger partial charge on any atom is 0.255 e. The van der Waals surface area contributed by atoms with E-state index in [1.807, 2.05) is 30.3 Å². The lowest BCUT2D eigenvalue weighted by atomic mass is 10.1. The van der Waals surface area contributed by atoms with E-state index in [-0.39, 0.29) is 6.61 Å². The summed E-state index contributed by atoms with van der Waals surface area (Å²) in [7, 11) is 1.57. The largest absolute Gasteiger partial charge is 0.493 e. The van der Waals surface area contributed by atoms with Gasteiger partial charge in [-0.3, -0.25) is 4.79 Å². The third-order valence-electron chi connectivity index (χ3n) is 3.39. The Balaban J connectivity index is 1.94. The number of benzene rings is 2. The zero-order valence-electron chi connectivity index (χ0n) is 13.2. The lowest BCUT2D eigenvalue weighted by Gasteiger charge is -2.14. The fraction of sp³-hybridized carbons (Fsp3) is 0.278. The Bertz CT molecular complexity index is 629. The van der Waals surface area contributed by atoms with E-state index in [0.29, 0.717) is 18.0 Å². The predicted octanol–water partition coefficient (Wildman–Crippen LogP) is 1.89. The topological polar surface area (TPSA) is 73.6 Å². The molecule has 0 unspecified atom stereocenters. The maximum atomic E-state index is 10.9. The summed E-state index contributed by atoms with van der Waals surface area (Å²) in [6.07, 6.45) is 0.947. The highest BCUT2D eigenvalue weighted by Crippen LogP contribution is 2.30. The average Bonchev–Trinajstić information content (AvgIpc) is 2.58. The van der Waals surface area contributed by atoms with Crippen LogP contribution in [0.25, 0.3) is 0 Å². The molecule has 23 heavy (non-hydrogen) atoms. The van der Waals surface area contributed by atoms with Crippen LogP contribution in [0.1, 0.15) is 11.1 Å². The first-order valence-electron chi connectivity index (χ1n) is 7.52. The van der Waals surface area contributed by atoms with E-state index < -0.39 is 5.91 Å². The number of methoxy groups -OCH3 is 1. The first kappa shape index (κ1) is 16.8. The van der Waals surface area contributed by atoms with Gasteiger partial charge in [0.05, 0.1) is 7.11 Å². The molecular weight excluding hydrogens is 292 g/mol. The first-order chi connectivity index (χ1) is 11.2. The van der Waals surface area contributed by atoms with E-state index in [4.69, 9.17) is 15.2 Å². The number of nitrogens with two attached hydrogens (primary N) is 1. The minimum absolute atomic E-state index is 0.169. The third-order valence-corrected chi connectivity index (χ3v) is 3.39. The van der Waals surface area contributed by atoms with Crippen LogP contribution in [0.3, 0.4) is 0 Å². The smallest absolute Gasteiger partial charge is 0.255 e. The minimum atomic E-state index is -0.515. The van der Waals surface area contributed by atoms with Crippen LogP contribution in [0.15, 0.2) is 48.5 Å². The van der Waals surface area contributed by atoms with Gasteiger partial charge in [0, 0.05) is 12.1 Å². The van der Waals surface area contributed by atoms with Gasteiger partial charge >= 0.3 is 0 Å². The average molecular weight is 314 g/mol. The molecule has 2 rings (SSSR count). The number of amides is 1. The number of primary amides is 1. The first-order valence-corrected chi connectivity index (χ1v) is 7.52. The van der Waals surface area contributed by atoms with Crippen LogP contribution in [-0.2, 0) is 17.8 Å². The monoisotopic (exact) mass is 314 g/mol. The molecule has 5 heteroatoms. The second-order valence-electron chi connectivity index (χ2n) is 5.12. The van der Waals surface area contributed by atoms with Crippen LogP contribution < -0.4 is 20.5 Å². The maximum absolute atomic E-state index is 10.9. The van der Waals surface area contributed by atoms with Gasteiger partial charge < -0.3 is 20.5 Å². The van der Waals surface area contributed by atoms with Crippen LogP contribution in [0, 0.1) is 0 Å². The molecule has 0 radical (unpaired) electrons. The van der Waals surface area contributed by atoms with Crippen LogP contribution in [-0.4, -0.2) is 26.2 Å². The molecule has 122 valence electrons. The van der Waals surface area contributed by atoms with Crippen molar-refractivity contribution in [3.05, 3.63) is 59.7 Å². The van der Waals surface area contributed by atoms with E-state index in [1.54, 1.807) is 13.2 Å². The second kappa shape index (κ2) is 8.80. The van der Waals surface area contributed by atoms with Gasteiger partial charge in [0.1, 0.15) is 0 Å². The molecule has 0 atom stereocenters. The number of carbonyl (C=O) groups is 1. The lowest BCUT2D eigenvalue weighted by molar-refractivity contribution is -0.119. The van der Waals surface area contributed by atoms with Crippen molar-refractivity contribution in [2.45, 2.75) is 13.0 Å². The molecule has 2 aromatic rings. The fourth-order valence-electron chi connectivity index (χ4n) is 2.27. The van der Waals surface area contributed by atoms with E-state index >= 15 is 0 Å². The molecule has 0 bridgehead atoms. The minimum Gasteiger partial charge on any atom is -0.493 e. The highest BCUT2D eigenvalue weighted by molar-refractivity contribution is 5.75. The van der Waals surface area contributed by atoms with Gasteiger partial charge in [0.2, 0.25) is 0 Å². The van der Waals surface area contributed by atoms with Crippen LogP contribution in [0.5, 0.6) is 11.5 Å². The van der Waals surface area contributed by atoms with E-state index in [0.717, 1.165) is 18.5 Å². The SMILES string of the molecule is COc1cccc(CNCCc2ccccc2)c1OCC(N)=O. The van der Waals surface area contributed by atoms with Gasteiger partial charge in [0.25, 0.3) is 5.91 Å². The van der Waals surface area contributed by atoms with Crippen molar-refractivity contribution >= 4 is 5.91 Å². The number of hydrogen-bond acceptors (Lipinski definition) is 4. The molecule has 0 aromatic heterocycles. The number of nitrogens with one attached hydrogen (secondary N) is 1. The van der Waals surface area contributed by atoms with Crippen molar-refractivity contribution < 1.29 is 14.3 Å². The standard InChI is InChI=1S/C18H22N2O3/c1-22-16-9-5-8-15(18(16)23-13-17(19)21)12-20-11-10-14-6-3-2-4-7-14/h2-9,20H,10-13H2,1H3,(H2,19,21). The molecule has 0 fully saturated rings. The Morgan fingerprint density at radius 3 is 2.61 bits per heavy atom. The predicted molar refractivity (Wildman–Crippen MR) is 89.5 cm³/mol. The molecule has 3 N–H and O–H groups in total. The van der Waals surface area contributed by atoms with Gasteiger partial charge in [0.15, 0.2) is 18.1 Å². The van der Waals surface area contributed by atoms with E-state index in [1.165, 1.54) is 5.56 Å². The molecule has 0 saturated carbocycles. The number of hydrogen-bond donors (Lipinski definition) is 2. The summed E-state index contributed by atoms with van der Waals surface area (Å²) in [5, 5.41) is 3.38. The highest BCUT2D eigenvalue weighted by Gasteiger charge is 2.11. The van der Waals surface area contributed by atoms with Crippen LogP contribution in [0.4, 0.5) is 0 Å². The van der Waals surface area contributed by atoms with Crippen LogP contribution in [0.2, 0.25) is 0 Å². The van der Waals surface area contributed by atoms with Gasteiger partial charge in [-0.05, 0) is 24.6 Å². The Morgan fingerprint density at radius 2 is 1.91 bits per heavy atom. The molecule has 0 aliphatic rings. The van der Waals surface area contributed by atoms with Gasteiger partial charge in [-0.2, -0.15) is 0 Å². The third kappa shape index (κ3) is 5.30. The molecule has 2 aromatic carbocycles. The van der Waals surface area contributed by atoms with Crippen molar-refractivity contribution in [1.29, 1.82) is 0 Å². The summed E-state index contributed by atoms with van der Waals surface area (Å²) in [5.74, 6) is 0.633. The summed E-state index contributed by atoms with van der Waals surface area (Å²) >= 11 is 0. The molecule has 0 aliphatic carbocycles. The Kier molecular flexibility index (Phi) is 6.44. The molecule has 0 spiro atoms. The molecule has 0 heterocycles. The Labute approximate surface area is 136 Å². The van der Waals surface area contributed by atoms with E-state index in [2.05, 4.69) is 17.4 Å². The molecule has 0 aliphatic heterocycles. The lowest BCUT2D eigenvalue weighted by Crippen LogP contribution is -2.22. The van der Waals surface area contributed by atoms with E-state index in [9.17, 15) is 4.79 Å². The summed E-state index contributed by atoms with van der Waals surface area (Å²) in [6.45, 7) is 1.30. The number of carbonyl (C=O) groups excluding carboxylic acids is 1. The summed E-state index contributed by atoms with van der Waals surface area (Å²) < 4.78 is 10.8. The van der Waals surface area contributed by atoms with Crippen molar-refractivity contribution in [3.8, 4) is 11.5 Å². The zero-order chi connectivity index (χ0) is 16.5. The Morgan fingerprint density at radius 1 is 1.13 bits per heavy atom. The quantitative estimate of drug-likeness (QED) is 0.693. The van der Waals surface area contributed by atoms with Crippen molar-refractivity contribution in [2.75, 3.05) is 20.3 Å². The van der Waals surface area contributed by atoms with Gasteiger partial charge in [-0.1, -0.05) is 42.5 Å². The number of ether oxygens (including phenoxy) is 2. The summed E-state index contributed by atoms with van der Waals surface area (Å²) in [5.41, 5.74) is 7.36. The summed E-state index contributed by atoms with van der Waals surface area (Å²) in [4.78, 5) is 10.9. The molecule has 0 saturated heterocycles. The normalized spacial score (nSPS) is 10.3. The zero-order valence-corrected chi connectivity index (χ0v) is 13.2. The van der Waals surface area contributed by atoms with Crippen LogP contribution >= 0.6 is 0 Å². The van der Waals surface area contributed by atoms with Gasteiger partial charge in [-0.25, -0.2) is 0 Å². The van der Waals surface area contributed by atoms with Gasteiger partial charge in [-0.15, -0.1) is 0 Å². The highest BCUT2D eigenvalue weighted by atomic mass is 16.5. The summed E-state index contributed by atoms with van der Waals surface area (Å²) in [6, 6.07) is 15.9. The van der Waals surface area contributed by atoms with Crippen molar-refractivity contribution in [2.24, 2.45) is 5.73 Å². The van der Waals surface area contributed by atoms with Crippen molar-refractivity contribution in [3.63, 3.8) is 0 Å². The molecule has 5 nitrogen and oxygen atoms in total. The number of rotatable bonds is 9.